The van der Waals surface area contributed by atoms with Gasteiger partial charge in [0.2, 0.25) is 5.91 Å². The summed E-state index contributed by atoms with van der Waals surface area (Å²) in [6.07, 6.45) is -3.94. The van der Waals surface area contributed by atoms with Crippen LogP contribution in [0.15, 0.2) is 18.2 Å². The van der Waals surface area contributed by atoms with Crippen molar-refractivity contribution in [1.82, 2.24) is 0 Å². The van der Waals surface area contributed by atoms with Gasteiger partial charge in [-0.3, -0.25) is 14.9 Å². The lowest BCUT2D eigenvalue weighted by atomic mass is 9.98. The van der Waals surface area contributed by atoms with Gasteiger partial charge in [-0.1, -0.05) is 0 Å². The number of carbonyl (C=O) groups excluding carboxylic acids is 1. The van der Waals surface area contributed by atoms with E-state index >= 15 is 0 Å². The number of benzene rings is 1. The summed E-state index contributed by atoms with van der Waals surface area (Å²) in [6, 6.07) is 2.82. The Balaban J connectivity index is 3.20. The Morgan fingerprint density at radius 1 is 1.35 bits per heavy atom. The first-order valence-electron chi connectivity index (χ1n) is 5.40. The van der Waals surface area contributed by atoms with Gasteiger partial charge in [-0.2, -0.15) is 0 Å². The number of nitrogens with two attached hydrogens (primary N) is 1. The topological polar surface area (TPSA) is 164 Å². The number of hydrogen-bond donors (Lipinski definition) is 4. The Morgan fingerprint density at radius 2 is 1.95 bits per heavy atom. The van der Waals surface area contributed by atoms with E-state index < -0.39 is 41.1 Å². The molecular weight excluding hydrogens is 272 g/mol. The van der Waals surface area contributed by atoms with Gasteiger partial charge in [-0.05, 0) is 12.1 Å². The van der Waals surface area contributed by atoms with Crippen molar-refractivity contribution >= 4 is 17.6 Å². The minimum Gasteiger partial charge on any atom is -0.478 e. The number of carboxylic acid groups (broad SMARTS) is 1. The van der Waals surface area contributed by atoms with Crippen LogP contribution in [0.2, 0.25) is 0 Å². The van der Waals surface area contributed by atoms with Crippen LogP contribution in [0, 0.1) is 10.1 Å². The monoisotopic (exact) mass is 284 g/mol. The molecule has 0 aliphatic heterocycles. The van der Waals surface area contributed by atoms with E-state index in [1.165, 1.54) is 0 Å². The van der Waals surface area contributed by atoms with Crippen LogP contribution in [0.5, 0.6) is 0 Å². The summed E-state index contributed by atoms with van der Waals surface area (Å²) in [5.74, 6) is -2.26. The number of amides is 1. The van der Waals surface area contributed by atoms with Crippen molar-refractivity contribution < 1.29 is 29.8 Å². The van der Waals surface area contributed by atoms with Crippen molar-refractivity contribution in [3.05, 3.63) is 39.4 Å². The summed E-state index contributed by atoms with van der Waals surface area (Å²) in [7, 11) is 0. The zero-order chi connectivity index (χ0) is 15.4. The van der Waals surface area contributed by atoms with Crippen molar-refractivity contribution in [1.29, 1.82) is 0 Å². The third kappa shape index (κ3) is 3.49. The molecule has 0 heterocycles. The molecule has 108 valence electrons. The largest absolute Gasteiger partial charge is 0.478 e. The predicted molar refractivity (Wildman–Crippen MR) is 64.8 cm³/mol. The van der Waals surface area contributed by atoms with Gasteiger partial charge in [0.05, 0.1) is 28.6 Å². The van der Waals surface area contributed by atoms with Gasteiger partial charge in [0.15, 0.2) is 0 Å². The maximum absolute atomic E-state index is 10.9. The fraction of sp³-hybridized carbons (Fsp3) is 0.273. The first kappa shape index (κ1) is 15.5. The van der Waals surface area contributed by atoms with E-state index in [9.17, 15) is 29.9 Å². The molecule has 0 saturated heterocycles. The second-order valence-corrected chi connectivity index (χ2v) is 4.02. The molecular formula is C11H12N2O7. The Hall–Kier alpha value is -2.52. The van der Waals surface area contributed by atoms with E-state index in [-0.39, 0.29) is 11.1 Å². The normalized spacial score (nSPS) is 13.5. The Kier molecular flexibility index (Phi) is 4.73. The van der Waals surface area contributed by atoms with Crippen LogP contribution in [0.25, 0.3) is 0 Å². The molecule has 1 amide bonds. The molecule has 0 saturated carbocycles. The van der Waals surface area contributed by atoms with Gasteiger partial charge in [-0.15, -0.1) is 0 Å². The van der Waals surface area contributed by atoms with Gasteiger partial charge in [-0.25, -0.2) is 4.79 Å². The van der Waals surface area contributed by atoms with Crippen LogP contribution in [0.4, 0.5) is 5.69 Å². The summed E-state index contributed by atoms with van der Waals surface area (Å²) < 4.78 is 0. The molecule has 0 bridgehead atoms. The predicted octanol–water partition coefficient (Wildman–Crippen LogP) is -0.437. The summed E-state index contributed by atoms with van der Waals surface area (Å²) in [5, 5.41) is 39.0. The van der Waals surface area contributed by atoms with Crippen LogP contribution in [0.3, 0.4) is 0 Å². The van der Waals surface area contributed by atoms with Crippen molar-refractivity contribution in [2.24, 2.45) is 5.73 Å². The third-order valence-corrected chi connectivity index (χ3v) is 2.57. The molecule has 0 aliphatic carbocycles. The number of primary amides is 1. The molecule has 0 fully saturated rings. The number of nitro benzene ring substituents is 1. The number of hydrogen-bond acceptors (Lipinski definition) is 6. The maximum atomic E-state index is 10.9. The van der Waals surface area contributed by atoms with Crippen molar-refractivity contribution in [3.8, 4) is 0 Å². The Labute approximate surface area is 112 Å². The standard InChI is InChI=1S/C11H12N2O7/c12-9(15)4-8(14)10(16)6-2-1-5(11(17)18)3-7(6)13(19)20/h1-3,8,10,14,16H,4H2,(H2,12,15)(H,17,18). The number of carboxylic acids is 1. The van der Waals surface area contributed by atoms with Gasteiger partial charge < -0.3 is 21.1 Å². The molecule has 5 N–H and O–H groups in total. The number of aliphatic hydroxyl groups excluding tert-OH is 2. The fourth-order valence-electron chi connectivity index (χ4n) is 1.61. The first-order valence-corrected chi connectivity index (χ1v) is 5.40. The summed E-state index contributed by atoms with van der Waals surface area (Å²) in [5.41, 5.74) is 3.55. The van der Waals surface area contributed by atoms with Crippen molar-refractivity contribution in [3.63, 3.8) is 0 Å². The molecule has 2 atom stereocenters. The summed E-state index contributed by atoms with van der Waals surface area (Å²) in [4.78, 5) is 31.4. The van der Waals surface area contributed by atoms with Gasteiger partial charge >= 0.3 is 5.97 Å². The van der Waals surface area contributed by atoms with Crippen LogP contribution >= 0.6 is 0 Å². The van der Waals surface area contributed by atoms with Crippen LogP contribution in [-0.4, -0.2) is 38.2 Å². The minimum atomic E-state index is -1.73. The molecule has 1 aromatic rings. The van der Waals surface area contributed by atoms with Crippen molar-refractivity contribution in [2.75, 3.05) is 0 Å². The lowest BCUT2D eigenvalue weighted by Gasteiger charge is -2.17. The highest BCUT2D eigenvalue weighted by molar-refractivity contribution is 5.88. The molecule has 0 radical (unpaired) electrons. The quantitative estimate of drug-likeness (QED) is 0.406. The smallest absolute Gasteiger partial charge is 0.335 e. The van der Waals surface area contributed by atoms with E-state index in [4.69, 9.17) is 10.8 Å². The van der Waals surface area contributed by atoms with Crippen LogP contribution in [-0.2, 0) is 4.79 Å². The highest BCUT2D eigenvalue weighted by Gasteiger charge is 2.28. The lowest BCUT2D eigenvalue weighted by Crippen LogP contribution is -2.26. The molecule has 9 heteroatoms. The van der Waals surface area contributed by atoms with E-state index in [0.717, 1.165) is 18.2 Å². The number of aliphatic hydroxyl groups is 2. The average molecular weight is 284 g/mol. The first-order chi connectivity index (χ1) is 9.23. The maximum Gasteiger partial charge on any atom is 0.335 e. The Morgan fingerprint density at radius 3 is 2.40 bits per heavy atom. The lowest BCUT2D eigenvalue weighted by molar-refractivity contribution is -0.386. The van der Waals surface area contributed by atoms with Crippen LogP contribution < -0.4 is 5.73 Å². The molecule has 9 nitrogen and oxygen atoms in total. The highest BCUT2D eigenvalue weighted by Crippen LogP contribution is 2.29. The molecule has 0 spiro atoms. The average Bonchev–Trinajstić information content (AvgIpc) is 2.36. The Bertz CT molecular complexity index is 558. The fourth-order valence-corrected chi connectivity index (χ4v) is 1.61. The molecule has 1 rings (SSSR count). The zero-order valence-electron chi connectivity index (χ0n) is 10.1. The molecule has 2 unspecified atom stereocenters. The molecule has 0 aromatic heterocycles. The van der Waals surface area contributed by atoms with E-state index in [1.54, 1.807) is 0 Å². The van der Waals surface area contributed by atoms with E-state index in [1.807, 2.05) is 0 Å². The van der Waals surface area contributed by atoms with Gasteiger partial charge in [0.25, 0.3) is 5.69 Å². The van der Waals surface area contributed by atoms with Crippen LogP contribution in [0.1, 0.15) is 28.4 Å². The van der Waals surface area contributed by atoms with Gasteiger partial charge in [0.1, 0.15) is 6.10 Å². The number of aromatic carboxylic acids is 1. The molecule has 1 aromatic carbocycles. The number of carbonyl (C=O) groups is 2. The summed E-state index contributed by atoms with van der Waals surface area (Å²) >= 11 is 0. The minimum absolute atomic E-state index is 0.297. The molecule has 20 heavy (non-hydrogen) atoms. The highest BCUT2D eigenvalue weighted by atomic mass is 16.6. The second-order valence-electron chi connectivity index (χ2n) is 4.02. The third-order valence-electron chi connectivity index (χ3n) is 2.57. The SMILES string of the molecule is NC(=O)CC(O)C(O)c1ccc(C(=O)O)cc1[N+](=O)[O-]. The second kappa shape index (κ2) is 6.08. The number of nitrogens with zero attached hydrogens (tertiary/aromatic N) is 1. The summed E-state index contributed by atoms with van der Waals surface area (Å²) in [6.45, 7) is 0. The van der Waals surface area contributed by atoms with Gasteiger partial charge in [0, 0.05) is 6.07 Å². The molecule has 0 aliphatic rings. The number of nitro groups is 1. The van der Waals surface area contributed by atoms with Crippen molar-refractivity contribution in [2.45, 2.75) is 18.6 Å². The van der Waals surface area contributed by atoms with E-state index in [0.29, 0.717) is 0 Å². The zero-order valence-corrected chi connectivity index (χ0v) is 10.1. The van der Waals surface area contributed by atoms with E-state index in [2.05, 4.69) is 0 Å². The number of rotatable bonds is 6.